The molecule has 26 heavy (non-hydrogen) atoms. The number of amides is 1. The first kappa shape index (κ1) is 18.1. The van der Waals surface area contributed by atoms with E-state index in [1.165, 1.54) is 23.5 Å². The van der Waals surface area contributed by atoms with E-state index in [4.69, 9.17) is 0 Å². The van der Waals surface area contributed by atoms with Crippen molar-refractivity contribution in [2.24, 2.45) is 0 Å². The average molecular weight is 370 g/mol. The lowest BCUT2D eigenvalue weighted by Crippen LogP contribution is -2.31. The van der Waals surface area contributed by atoms with E-state index in [-0.39, 0.29) is 12.3 Å². The van der Waals surface area contributed by atoms with Gasteiger partial charge in [0, 0.05) is 11.4 Å². The predicted molar refractivity (Wildman–Crippen MR) is 99.3 cm³/mol. The number of aryl methyl sites for hydroxylation is 1. The fourth-order valence-electron chi connectivity index (χ4n) is 2.63. The Morgan fingerprint density at radius 2 is 1.92 bits per heavy atom. The normalized spacial score (nSPS) is 10.7. The lowest BCUT2D eigenvalue weighted by molar-refractivity contribution is -0.131. The molecule has 134 valence electrons. The highest BCUT2D eigenvalue weighted by atomic mass is 32.1. The number of nitrogens with zero attached hydrogens (tertiary/aromatic N) is 2. The van der Waals surface area contributed by atoms with E-state index in [1.807, 2.05) is 37.3 Å². The maximum Gasteiger partial charge on any atom is 0.227 e. The van der Waals surface area contributed by atoms with E-state index in [0.29, 0.717) is 18.7 Å². The number of aromatic nitrogens is 1. The minimum atomic E-state index is -0.719. The topological polar surface area (TPSA) is 53.4 Å². The van der Waals surface area contributed by atoms with Crippen molar-refractivity contribution in [3.63, 3.8) is 0 Å². The third-order valence-electron chi connectivity index (χ3n) is 4.12. The zero-order valence-corrected chi connectivity index (χ0v) is 15.2. The molecule has 0 atom stereocenters. The molecule has 0 unspecified atom stereocenters. The van der Waals surface area contributed by atoms with Crippen molar-refractivity contribution in [3.05, 3.63) is 81.6 Å². The predicted octanol–water partition coefficient (Wildman–Crippen LogP) is 4.07. The van der Waals surface area contributed by atoms with Crippen LogP contribution in [0.1, 0.15) is 21.7 Å². The van der Waals surface area contributed by atoms with Crippen molar-refractivity contribution in [2.45, 2.75) is 26.4 Å². The standard InChI is InChI=1S/C20H19FN2O2S/c1-14-19(26-13-22-14)12-23(11-15-5-3-2-4-6-15)20(25)10-16-7-8-18(24)17(21)9-16/h2-9,13,24H,10-12H2,1H3. The Morgan fingerprint density at radius 3 is 2.58 bits per heavy atom. The zero-order chi connectivity index (χ0) is 18.5. The lowest BCUT2D eigenvalue weighted by Gasteiger charge is -2.23. The summed E-state index contributed by atoms with van der Waals surface area (Å²) < 4.78 is 13.6. The van der Waals surface area contributed by atoms with Crippen LogP contribution in [-0.2, 0) is 24.3 Å². The molecule has 0 aliphatic rings. The van der Waals surface area contributed by atoms with E-state index in [0.717, 1.165) is 16.1 Å². The second-order valence-electron chi connectivity index (χ2n) is 6.06. The lowest BCUT2D eigenvalue weighted by atomic mass is 10.1. The number of phenols is 1. The summed E-state index contributed by atoms with van der Waals surface area (Å²) in [5.74, 6) is -1.24. The summed E-state index contributed by atoms with van der Waals surface area (Å²) in [6.45, 7) is 2.86. The number of benzene rings is 2. The quantitative estimate of drug-likeness (QED) is 0.712. The molecule has 3 aromatic rings. The number of hydrogen-bond donors (Lipinski definition) is 1. The number of thiazole rings is 1. The fraction of sp³-hybridized carbons (Fsp3) is 0.200. The Bertz CT molecular complexity index is 896. The van der Waals surface area contributed by atoms with Gasteiger partial charge in [0.2, 0.25) is 5.91 Å². The highest BCUT2D eigenvalue weighted by Crippen LogP contribution is 2.20. The van der Waals surface area contributed by atoms with Crippen molar-refractivity contribution < 1.29 is 14.3 Å². The Hall–Kier alpha value is -2.73. The molecule has 0 aliphatic carbocycles. The van der Waals surface area contributed by atoms with Crippen LogP contribution in [0.5, 0.6) is 5.75 Å². The number of phenolic OH excluding ortho intramolecular Hbond substituents is 1. The average Bonchev–Trinajstić information content (AvgIpc) is 3.03. The number of carbonyl (C=O) groups is 1. The second-order valence-corrected chi connectivity index (χ2v) is 7.00. The third kappa shape index (κ3) is 4.46. The van der Waals surface area contributed by atoms with Gasteiger partial charge in [-0.3, -0.25) is 4.79 Å². The summed E-state index contributed by atoms with van der Waals surface area (Å²) in [4.78, 5) is 19.9. The van der Waals surface area contributed by atoms with Gasteiger partial charge in [-0.2, -0.15) is 0 Å². The number of rotatable bonds is 6. The van der Waals surface area contributed by atoms with Gasteiger partial charge in [-0.25, -0.2) is 9.37 Å². The molecule has 1 N–H and O–H groups in total. The summed E-state index contributed by atoms with van der Waals surface area (Å²) in [5.41, 5.74) is 4.24. The summed E-state index contributed by atoms with van der Waals surface area (Å²) in [5, 5.41) is 9.31. The SMILES string of the molecule is Cc1ncsc1CN(Cc1ccccc1)C(=O)Cc1ccc(O)c(F)c1. The maximum atomic E-state index is 13.6. The minimum Gasteiger partial charge on any atom is -0.505 e. The molecule has 1 heterocycles. The van der Waals surface area contributed by atoms with Gasteiger partial charge < -0.3 is 10.0 Å². The van der Waals surface area contributed by atoms with Gasteiger partial charge in [-0.1, -0.05) is 36.4 Å². The highest BCUT2D eigenvalue weighted by Gasteiger charge is 2.18. The second kappa shape index (κ2) is 8.10. The van der Waals surface area contributed by atoms with Crippen molar-refractivity contribution >= 4 is 17.2 Å². The molecule has 1 aromatic heterocycles. The summed E-state index contributed by atoms with van der Waals surface area (Å²) in [7, 11) is 0. The highest BCUT2D eigenvalue weighted by molar-refractivity contribution is 7.09. The van der Waals surface area contributed by atoms with Crippen molar-refractivity contribution in [1.29, 1.82) is 0 Å². The molecule has 4 nitrogen and oxygen atoms in total. The van der Waals surface area contributed by atoms with E-state index in [1.54, 1.807) is 16.5 Å². The van der Waals surface area contributed by atoms with Gasteiger partial charge in [0.05, 0.1) is 24.2 Å². The van der Waals surface area contributed by atoms with Gasteiger partial charge in [0.25, 0.3) is 0 Å². The smallest absolute Gasteiger partial charge is 0.227 e. The Morgan fingerprint density at radius 1 is 1.15 bits per heavy atom. The molecule has 0 saturated carbocycles. The number of hydrogen-bond acceptors (Lipinski definition) is 4. The molecule has 6 heteroatoms. The molecular weight excluding hydrogens is 351 g/mol. The Labute approximate surface area is 155 Å². The molecule has 0 radical (unpaired) electrons. The van der Waals surface area contributed by atoms with Crippen LogP contribution in [0.15, 0.2) is 54.0 Å². The summed E-state index contributed by atoms with van der Waals surface area (Å²) in [6.07, 6.45) is 0.0713. The molecule has 0 spiro atoms. The molecule has 0 saturated heterocycles. The molecule has 3 rings (SSSR count). The first-order valence-electron chi connectivity index (χ1n) is 8.21. The number of halogens is 1. The third-order valence-corrected chi connectivity index (χ3v) is 5.04. The van der Waals surface area contributed by atoms with Gasteiger partial charge in [-0.05, 0) is 30.2 Å². The van der Waals surface area contributed by atoms with Crippen LogP contribution in [0.2, 0.25) is 0 Å². The van der Waals surface area contributed by atoms with Crippen LogP contribution in [0.25, 0.3) is 0 Å². The van der Waals surface area contributed by atoms with Gasteiger partial charge in [0.1, 0.15) is 0 Å². The van der Waals surface area contributed by atoms with E-state index < -0.39 is 11.6 Å². The van der Waals surface area contributed by atoms with Gasteiger partial charge in [0.15, 0.2) is 11.6 Å². The number of carbonyl (C=O) groups excluding carboxylic acids is 1. The largest absolute Gasteiger partial charge is 0.505 e. The van der Waals surface area contributed by atoms with Crippen molar-refractivity contribution in [2.75, 3.05) is 0 Å². The first-order valence-corrected chi connectivity index (χ1v) is 9.09. The van der Waals surface area contributed by atoms with Crippen molar-refractivity contribution in [1.82, 2.24) is 9.88 Å². The Balaban J connectivity index is 1.80. The van der Waals surface area contributed by atoms with Crippen molar-refractivity contribution in [3.8, 4) is 5.75 Å². The van der Waals surface area contributed by atoms with Crippen LogP contribution < -0.4 is 0 Å². The summed E-state index contributed by atoms with van der Waals surface area (Å²) in [6, 6.07) is 13.8. The van der Waals surface area contributed by atoms with Gasteiger partial charge >= 0.3 is 0 Å². The molecule has 0 bridgehead atoms. The van der Waals surface area contributed by atoms with E-state index >= 15 is 0 Å². The first-order chi connectivity index (χ1) is 12.5. The fourth-order valence-corrected chi connectivity index (χ4v) is 3.43. The number of aromatic hydroxyl groups is 1. The van der Waals surface area contributed by atoms with E-state index in [9.17, 15) is 14.3 Å². The van der Waals surface area contributed by atoms with E-state index in [2.05, 4.69) is 4.98 Å². The van der Waals surface area contributed by atoms with Crippen LogP contribution in [0, 0.1) is 12.7 Å². The molecule has 1 amide bonds. The molecule has 2 aromatic carbocycles. The summed E-state index contributed by atoms with van der Waals surface area (Å²) >= 11 is 1.52. The maximum absolute atomic E-state index is 13.6. The van der Waals surface area contributed by atoms with Gasteiger partial charge in [-0.15, -0.1) is 11.3 Å². The van der Waals surface area contributed by atoms with Crippen LogP contribution in [-0.4, -0.2) is 20.9 Å². The molecule has 0 aliphatic heterocycles. The molecular formula is C20H19FN2O2S. The monoisotopic (exact) mass is 370 g/mol. The van der Waals surface area contributed by atoms with Crippen LogP contribution >= 0.6 is 11.3 Å². The van der Waals surface area contributed by atoms with Crippen LogP contribution in [0.3, 0.4) is 0 Å². The zero-order valence-electron chi connectivity index (χ0n) is 14.4. The Kier molecular flexibility index (Phi) is 5.63. The molecule has 0 fully saturated rings. The van der Waals surface area contributed by atoms with Crippen LogP contribution in [0.4, 0.5) is 4.39 Å². The minimum absolute atomic E-state index is 0.0713.